The molecule has 0 saturated heterocycles. The van der Waals surface area contributed by atoms with Crippen LogP contribution in [-0.4, -0.2) is 10.1 Å². The number of benzene rings is 1. The fraction of sp³-hybridized carbons (Fsp3) is 0.267. The van der Waals surface area contributed by atoms with Crippen molar-refractivity contribution in [2.45, 2.75) is 26.4 Å². The standard InChI is InChI=1S/C15H16N2O2/c1-10(2)14-7-11-3-4-13(8-15(11)16-14)18-9-12-5-6-19-17-12/h3-8,10,16H,9H2,1-2H3. The van der Waals surface area contributed by atoms with Crippen molar-refractivity contribution in [2.24, 2.45) is 0 Å². The molecule has 0 atom stereocenters. The maximum atomic E-state index is 5.69. The van der Waals surface area contributed by atoms with Gasteiger partial charge >= 0.3 is 0 Å². The molecule has 0 amide bonds. The van der Waals surface area contributed by atoms with Crippen LogP contribution in [-0.2, 0) is 6.61 Å². The van der Waals surface area contributed by atoms with Gasteiger partial charge in [-0.05, 0) is 29.5 Å². The van der Waals surface area contributed by atoms with Gasteiger partial charge in [-0.3, -0.25) is 0 Å². The van der Waals surface area contributed by atoms with Crippen LogP contribution in [0, 0.1) is 0 Å². The van der Waals surface area contributed by atoms with Gasteiger partial charge in [0.2, 0.25) is 0 Å². The molecule has 0 spiro atoms. The van der Waals surface area contributed by atoms with E-state index >= 15 is 0 Å². The second-order valence-electron chi connectivity index (χ2n) is 4.91. The van der Waals surface area contributed by atoms with Gasteiger partial charge in [0, 0.05) is 23.3 Å². The highest BCUT2D eigenvalue weighted by Crippen LogP contribution is 2.25. The van der Waals surface area contributed by atoms with Crippen molar-refractivity contribution in [1.82, 2.24) is 10.1 Å². The fourth-order valence-corrected chi connectivity index (χ4v) is 2.00. The summed E-state index contributed by atoms with van der Waals surface area (Å²) in [5.41, 5.74) is 3.12. The highest BCUT2D eigenvalue weighted by molar-refractivity contribution is 5.82. The smallest absolute Gasteiger partial charge is 0.134 e. The van der Waals surface area contributed by atoms with Crippen LogP contribution in [0.5, 0.6) is 5.75 Å². The Balaban J connectivity index is 1.80. The lowest BCUT2D eigenvalue weighted by Gasteiger charge is -2.03. The number of hydrogen-bond donors (Lipinski definition) is 1. The number of ether oxygens (including phenoxy) is 1. The van der Waals surface area contributed by atoms with Gasteiger partial charge in [0.15, 0.2) is 0 Å². The lowest BCUT2D eigenvalue weighted by molar-refractivity contribution is 0.289. The fourth-order valence-electron chi connectivity index (χ4n) is 2.00. The molecule has 2 heterocycles. The summed E-state index contributed by atoms with van der Waals surface area (Å²) in [4.78, 5) is 3.41. The Morgan fingerprint density at radius 2 is 2.16 bits per heavy atom. The molecule has 0 aliphatic rings. The number of rotatable bonds is 4. The number of nitrogens with one attached hydrogen (secondary N) is 1. The van der Waals surface area contributed by atoms with E-state index < -0.39 is 0 Å². The zero-order chi connectivity index (χ0) is 13.2. The summed E-state index contributed by atoms with van der Waals surface area (Å²) in [6, 6.07) is 10.0. The minimum absolute atomic E-state index is 0.416. The first-order valence-corrected chi connectivity index (χ1v) is 6.37. The second-order valence-corrected chi connectivity index (χ2v) is 4.91. The number of fused-ring (bicyclic) bond motifs is 1. The Hall–Kier alpha value is -2.23. The van der Waals surface area contributed by atoms with Crippen molar-refractivity contribution in [3.05, 3.63) is 48.0 Å². The van der Waals surface area contributed by atoms with Crippen LogP contribution >= 0.6 is 0 Å². The number of nitrogens with zero attached hydrogens (tertiary/aromatic N) is 1. The Bertz CT molecular complexity index is 669. The minimum atomic E-state index is 0.416. The molecular weight excluding hydrogens is 240 g/mol. The van der Waals surface area contributed by atoms with E-state index in [1.54, 1.807) is 12.3 Å². The van der Waals surface area contributed by atoms with Crippen LogP contribution in [0.25, 0.3) is 10.9 Å². The Morgan fingerprint density at radius 1 is 1.26 bits per heavy atom. The van der Waals surface area contributed by atoms with Gasteiger partial charge in [0.05, 0.1) is 0 Å². The first-order chi connectivity index (χ1) is 9.22. The van der Waals surface area contributed by atoms with Gasteiger partial charge in [-0.25, -0.2) is 0 Å². The monoisotopic (exact) mass is 256 g/mol. The first kappa shape index (κ1) is 11.8. The molecule has 0 radical (unpaired) electrons. The molecule has 0 aliphatic heterocycles. The Morgan fingerprint density at radius 3 is 2.89 bits per heavy atom. The second kappa shape index (κ2) is 4.80. The summed E-state index contributed by atoms with van der Waals surface area (Å²) in [6.07, 6.45) is 1.54. The average Bonchev–Trinajstić information content (AvgIpc) is 3.04. The molecule has 4 heteroatoms. The molecule has 0 fully saturated rings. The molecule has 3 aromatic rings. The number of H-pyrrole nitrogens is 1. The van der Waals surface area contributed by atoms with Crippen molar-refractivity contribution in [1.29, 1.82) is 0 Å². The minimum Gasteiger partial charge on any atom is -0.487 e. The molecule has 3 rings (SSSR count). The molecule has 19 heavy (non-hydrogen) atoms. The molecule has 2 aromatic heterocycles. The third kappa shape index (κ3) is 2.47. The quantitative estimate of drug-likeness (QED) is 0.771. The Kier molecular flexibility index (Phi) is 2.99. The molecule has 98 valence electrons. The molecule has 0 bridgehead atoms. The molecule has 1 aromatic carbocycles. The van der Waals surface area contributed by atoms with Crippen LogP contribution in [0.2, 0.25) is 0 Å². The van der Waals surface area contributed by atoms with Crippen molar-refractivity contribution in [3.8, 4) is 5.75 Å². The van der Waals surface area contributed by atoms with Gasteiger partial charge in [0.25, 0.3) is 0 Å². The van der Waals surface area contributed by atoms with E-state index in [1.165, 1.54) is 11.1 Å². The van der Waals surface area contributed by atoms with E-state index in [1.807, 2.05) is 12.1 Å². The van der Waals surface area contributed by atoms with Crippen molar-refractivity contribution < 1.29 is 9.26 Å². The summed E-state index contributed by atoms with van der Waals surface area (Å²) in [7, 11) is 0. The van der Waals surface area contributed by atoms with Crippen molar-refractivity contribution >= 4 is 10.9 Å². The summed E-state index contributed by atoms with van der Waals surface area (Å²) >= 11 is 0. The molecule has 0 saturated carbocycles. The van der Waals surface area contributed by atoms with Crippen LogP contribution in [0.15, 0.2) is 41.1 Å². The maximum absolute atomic E-state index is 5.69. The third-order valence-corrected chi connectivity index (χ3v) is 3.11. The highest BCUT2D eigenvalue weighted by atomic mass is 16.5. The zero-order valence-electron chi connectivity index (χ0n) is 11.0. The van der Waals surface area contributed by atoms with E-state index in [-0.39, 0.29) is 0 Å². The topological polar surface area (TPSA) is 51.1 Å². The van der Waals surface area contributed by atoms with Crippen LogP contribution in [0.1, 0.15) is 31.2 Å². The van der Waals surface area contributed by atoms with Crippen molar-refractivity contribution in [3.63, 3.8) is 0 Å². The van der Waals surface area contributed by atoms with Gasteiger partial charge in [-0.15, -0.1) is 0 Å². The highest BCUT2D eigenvalue weighted by Gasteiger charge is 2.06. The van der Waals surface area contributed by atoms with E-state index in [0.717, 1.165) is 17.0 Å². The van der Waals surface area contributed by atoms with Crippen molar-refractivity contribution in [2.75, 3.05) is 0 Å². The summed E-state index contributed by atoms with van der Waals surface area (Å²) < 4.78 is 10.5. The zero-order valence-corrected chi connectivity index (χ0v) is 11.0. The summed E-state index contributed by atoms with van der Waals surface area (Å²) in [6.45, 7) is 4.76. The molecule has 4 nitrogen and oxygen atoms in total. The lowest BCUT2D eigenvalue weighted by atomic mass is 10.1. The Labute approximate surface area is 111 Å². The molecular formula is C15H16N2O2. The number of aromatic nitrogens is 2. The predicted molar refractivity (Wildman–Crippen MR) is 73.2 cm³/mol. The summed E-state index contributed by atoms with van der Waals surface area (Å²) in [5.74, 6) is 1.32. The third-order valence-electron chi connectivity index (χ3n) is 3.11. The SMILES string of the molecule is CC(C)c1cc2ccc(OCc3ccon3)cc2[nH]1. The number of aromatic amines is 1. The lowest BCUT2D eigenvalue weighted by Crippen LogP contribution is -1.95. The van der Waals surface area contributed by atoms with Gasteiger partial charge in [-0.1, -0.05) is 19.0 Å². The maximum Gasteiger partial charge on any atom is 0.134 e. The number of hydrogen-bond acceptors (Lipinski definition) is 3. The van der Waals surface area contributed by atoms with E-state index in [9.17, 15) is 0 Å². The van der Waals surface area contributed by atoms with Crippen LogP contribution in [0.4, 0.5) is 0 Å². The van der Waals surface area contributed by atoms with Crippen LogP contribution in [0.3, 0.4) is 0 Å². The van der Waals surface area contributed by atoms with Crippen LogP contribution < -0.4 is 4.74 Å². The predicted octanol–water partition coefficient (Wildman–Crippen LogP) is 3.86. The van der Waals surface area contributed by atoms with E-state index in [0.29, 0.717) is 12.5 Å². The largest absolute Gasteiger partial charge is 0.487 e. The first-order valence-electron chi connectivity index (χ1n) is 6.37. The average molecular weight is 256 g/mol. The van der Waals surface area contributed by atoms with E-state index in [2.05, 4.69) is 36.1 Å². The normalized spacial score (nSPS) is 11.3. The van der Waals surface area contributed by atoms with Gasteiger partial charge < -0.3 is 14.2 Å². The molecule has 1 N–H and O–H groups in total. The van der Waals surface area contributed by atoms with E-state index in [4.69, 9.17) is 9.26 Å². The van der Waals surface area contributed by atoms with Gasteiger partial charge in [0.1, 0.15) is 24.3 Å². The van der Waals surface area contributed by atoms with Gasteiger partial charge in [-0.2, -0.15) is 0 Å². The molecule has 0 aliphatic carbocycles. The summed E-state index contributed by atoms with van der Waals surface area (Å²) in [5, 5.41) is 5.02. The molecule has 0 unspecified atom stereocenters.